The van der Waals surface area contributed by atoms with Crippen molar-refractivity contribution < 1.29 is 19.0 Å². The summed E-state index contributed by atoms with van der Waals surface area (Å²) in [7, 11) is 0. The van der Waals surface area contributed by atoms with E-state index in [1.165, 1.54) is 0 Å². The summed E-state index contributed by atoms with van der Waals surface area (Å²) in [5.41, 5.74) is 1.82. The smallest absolute Gasteiger partial charge is 0.226 e. The SMILES string of the molecule is CCOCCOCc1cccc(NC(=O)CC2COCCN2)c1. The number of morpholine rings is 1. The van der Waals surface area contributed by atoms with Crippen molar-refractivity contribution in [3.8, 4) is 0 Å². The summed E-state index contributed by atoms with van der Waals surface area (Å²) in [6.45, 7) is 6.43. The third-order valence-electron chi connectivity index (χ3n) is 3.49. The molecular weight excluding hydrogens is 296 g/mol. The minimum atomic E-state index is -0.0117. The molecule has 1 aliphatic heterocycles. The molecule has 0 aromatic heterocycles. The van der Waals surface area contributed by atoms with Gasteiger partial charge in [-0.25, -0.2) is 0 Å². The maximum Gasteiger partial charge on any atom is 0.226 e. The van der Waals surface area contributed by atoms with Gasteiger partial charge in [0.2, 0.25) is 5.91 Å². The van der Waals surface area contributed by atoms with E-state index in [0.717, 1.165) is 17.8 Å². The summed E-state index contributed by atoms with van der Waals surface area (Å²) in [6.07, 6.45) is 0.412. The molecule has 1 amide bonds. The molecule has 1 atom stereocenters. The highest BCUT2D eigenvalue weighted by atomic mass is 16.5. The molecule has 1 aliphatic rings. The second kappa shape index (κ2) is 10.3. The maximum atomic E-state index is 12.1. The van der Waals surface area contributed by atoms with E-state index in [0.29, 0.717) is 46.1 Å². The first-order valence-corrected chi connectivity index (χ1v) is 8.13. The van der Waals surface area contributed by atoms with E-state index in [1.54, 1.807) is 0 Å². The Hall–Kier alpha value is -1.47. The fraction of sp³-hybridized carbons (Fsp3) is 0.588. The van der Waals surface area contributed by atoms with Gasteiger partial charge in [-0.3, -0.25) is 4.79 Å². The molecule has 1 heterocycles. The van der Waals surface area contributed by atoms with E-state index in [4.69, 9.17) is 14.2 Å². The van der Waals surface area contributed by atoms with Gasteiger partial charge in [0.1, 0.15) is 0 Å². The molecule has 0 aliphatic carbocycles. The monoisotopic (exact) mass is 322 g/mol. The molecule has 0 saturated carbocycles. The topological polar surface area (TPSA) is 68.8 Å². The van der Waals surface area contributed by atoms with E-state index in [1.807, 2.05) is 31.2 Å². The van der Waals surface area contributed by atoms with Crippen LogP contribution in [0.3, 0.4) is 0 Å². The Morgan fingerprint density at radius 2 is 2.26 bits per heavy atom. The quantitative estimate of drug-likeness (QED) is 0.675. The van der Waals surface area contributed by atoms with Crippen LogP contribution in [0.5, 0.6) is 0 Å². The average molecular weight is 322 g/mol. The lowest BCUT2D eigenvalue weighted by molar-refractivity contribution is -0.117. The van der Waals surface area contributed by atoms with Crippen molar-refractivity contribution in [2.75, 3.05) is 44.9 Å². The van der Waals surface area contributed by atoms with Crippen molar-refractivity contribution in [3.05, 3.63) is 29.8 Å². The van der Waals surface area contributed by atoms with E-state index in [-0.39, 0.29) is 11.9 Å². The highest BCUT2D eigenvalue weighted by Gasteiger charge is 2.16. The summed E-state index contributed by atoms with van der Waals surface area (Å²) in [4.78, 5) is 12.1. The summed E-state index contributed by atoms with van der Waals surface area (Å²) in [5, 5.41) is 6.20. The number of carbonyl (C=O) groups is 1. The van der Waals surface area contributed by atoms with E-state index in [9.17, 15) is 4.79 Å². The van der Waals surface area contributed by atoms with Gasteiger partial charge >= 0.3 is 0 Å². The minimum Gasteiger partial charge on any atom is -0.379 e. The van der Waals surface area contributed by atoms with Crippen LogP contribution < -0.4 is 10.6 Å². The van der Waals surface area contributed by atoms with Gasteiger partial charge in [-0.2, -0.15) is 0 Å². The molecular formula is C17H26N2O4. The number of hydrogen-bond donors (Lipinski definition) is 2. The third kappa shape index (κ3) is 7.09. The molecule has 6 nitrogen and oxygen atoms in total. The number of rotatable bonds is 9. The Labute approximate surface area is 137 Å². The molecule has 2 rings (SSSR count). The summed E-state index contributed by atoms with van der Waals surface area (Å²) >= 11 is 0. The molecule has 0 bridgehead atoms. The van der Waals surface area contributed by atoms with E-state index in [2.05, 4.69) is 10.6 Å². The van der Waals surface area contributed by atoms with Crippen molar-refractivity contribution in [1.82, 2.24) is 5.32 Å². The van der Waals surface area contributed by atoms with Gasteiger partial charge in [0.25, 0.3) is 0 Å². The third-order valence-corrected chi connectivity index (χ3v) is 3.49. The van der Waals surface area contributed by atoms with Crippen molar-refractivity contribution >= 4 is 11.6 Å². The van der Waals surface area contributed by atoms with Gasteiger partial charge in [-0.1, -0.05) is 12.1 Å². The molecule has 0 spiro atoms. The zero-order valence-electron chi connectivity index (χ0n) is 13.7. The zero-order chi connectivity index (χ0) is 16.3. The molecule has 1 aromatic rings. The molecule has 1 unspecified atom stereocenters. The Morgan fingerprint density at radius 3 is 3.04 bits per heavy atom. The largest absolute Gasteiger partial charge is 0.379 e. The van der Waals surface area contributed by atoms with Crippen LogP contribution in [0.4, 0.5) is 5.69 Å². The highest BCUT2D eigenvalue weighted by Crippen LogP contribution is 2.12. The Balaban J connectivity index is 1.73. The van der Waals surface area contributed by atoms with Crippen LogP contribution in [0.1, 0.15) is 18.9 Å². The number of anilines is 1. The average Bonchev–Trinajstić information content (AvgIpc) is 2.56. The molecule has 0 radical (unpaired) electrons. The number of ether oxygens (including phenoxy) is 3. The number of benzene rings is 1. The lowest BCUT2D eigenvalue weighted by Crippen LogP contribution is -2.43. The van der Waals surface area contributed by atoms with Crippen LogP contribution in [-0.2, 0) is 25.6 Å². The van der Waals surface area contributed by atoms with Crippen molar-refractivity contribution in [2.45, 2.75) is 26.0 Å². The van der Waals surface area contributed by atoms with Crippen molar-refractivity contribution in [1.29, 1.82) is 0 Å². The fourth-order valence-electron chi connectivity index (χ4n) is 2.38. The number of hydrogen-bond acceptors (Lipinski definition) is 5. The summed E-state index contributed by atoms with van der Waals surface area (Å²) < 4.78 is 16.1. The van der Waals surface area contributed by atoms with Gasteiger partial charge in [0.15, 0.2) is 0 Å². The van der Waals surface area contributed by atoms with Crippen LogP contribution in [0.2, 0.25) is 0 Å². The van der Waals surface area contributed by atoms with Crippen LogP contribution in [0.15, 0.2) is 24.3 Å². The first-order valence-electron chi connectivity index (χ1n) is 8.13. The Bertz CT molecular complexity index is 475. The summed E-state index contributed by atoms with van der Waals surface area (Å²) in [6, 6.07) is 7.80. The first kappa shape index (κ1) is 17.9. The number of nitrogens with one attached hydrogen (secondary N) is 2. The second-order valence-corrected chi connectivity index (χ2v) is 5.43. The zero-order valence-corrected chi connectivity index (χ0v) is 13.7. The summed E-state index contributed by atoms with van der Waals surface area (Å²) in [5.74, 6) is -0.0117. The lowest BCUT2D eigenvalue weighted by Gasteiger charge is -2.23. The molecule has 1 fully saturated rings. The van der Waals surface area contributed by atoms with Crippen LogP contribution in [-0.4, -0.2) is 51.5 Å². The normalized spacial score (nSPS) is 17.9. The molecule has 6 heteroatoms. The molecule has 2 N–H and O–H groups in total. The van der Waals surface area contributed by atoms with Gasteiger partial charge in [0.05, 0.1) is 33.0 Å². The van der Waals surface area contributed by atoms with Gasteiger partial charge in [-0.05, 0) is 24.6 Å². The maximum absolute atomic E-state index is 12.1. The first-order chi connectivity index (χ1) is 11.3. The van der Waals surface area contributed by atoms with Crippen molar-refractivity contribution in [2.24, 2.45) is 0 Å². The van der Waals surface area contributed by atoms with Gasteiger partial charge in [0, 0.05) is 31.3 Å². The second-order valence-electron chi connectivity index (χ2n) is 5.43. The Morgan fingerprint density at radius 1 is 1.39 bits per heavy atom. The highest BCUT2D eigenvalue weighted by molar-refractivity contribution is 5.91. The molecule has 128 valence electrons. The van der Waals surface area contributed by atoms with Crippen LogP contribution in [0.25, 0.3) is 0 Å². The fourth-order valence-corrected chi connectivity index (χ4v) is 2.38. The van der Waals surface area contributed by atoms with Crippen LogP contribution >= 0.6 is 0 Å². The van der Waals surface area contributed by atoms with E-state index < -0.39 is 0 Å². The Kier molecular flexibility index (Phi) is 8.03. The predicted octanol–water partition coefficient (Wildman–Crippen LogP) is 1.56. The number of carbonyl (C=O) groups excluding carboxylic acids is 1. The standard InChI is InChI=1S/C17H26N2O4/c1-2-21-8-9-23-12-14-4-3-5-15(10-14)19-17(20)11-16-13-22-7-6-18-16/h3-5,10,16,18H,2,6-9,11-13H2,1H3,(H,19,20). The van der Waals surface area contributed by atoms with Crippen molar-refractivity contribution in [3.63, 3.8) is 0 Å². The molecule has 23 heavy (non-hydrogen) atoms. The molecule has 1 saturated heterocycles. The van der Waals surface area contributed by atoms with Crippen LogP contribution in [0, 0.1) is 0 Å². The number of amides is 1. The lowest BCUT2D eigenvalue weighted by atomic mass is 10.1. The van der Waals surface area contributed by atoms with Gasteiger partial charge < -0.3 is 24.8 Å². The molecule has 1 aromatic carbocycles. The minimum absolute atomic E-state index is 0.0117. The van der Waals surface area contributed by atoms with Gasteiger partial charge in [-0.15, -0.1) is 0 Å². The van der Waals surface area contributed by atoms with E-state index >= 15 is 0 Å². The predicted molar refractivity (Wildman–Crippen MR) is 88.4 cm³/mol.